The molecule has 0 aromatic heterocycles. The SMILES string of the molecule is NNc1ccc(C=O)cc1[N+](=O)[O-]. The van der Waals surface area contributed by atoms with E-state index < -0.39 is 4.92 Å². The van der Waals surface area contributed by atoms with E-state index in [0.717, 1.165) is 6.07 Å². The lowest BCUT2D eigenvalue weighted by Crippen LogP contribution is -2.09. The molecule has 0 saturated heterocycles. The van der Waals surface area contributed by atoms with Crippen LogP contribution in [0.15, 0.2) is 18.2 Å². The monoisotopic (exact) mass is 181 g/mol. The Bertz CT molecular complexity index is 351. The number of carbonyl (C=O) groups is 1. The van der Waals surface area contributed by atoms with Crippen LogP contribution in [0.5, 0.6) is 0 Å². The van der Waals surface area contributed by atoms with Crippen LogP contribution in [-0.2, 0) is 0 Å². The first kappa shape index (κ1) is 9.14. The first-order valence-electron chi connectivity index (χ1n) is 3.39. The molecule has 0 aliphatic carbocycles. The van der Waals surface area contributed by atoms with Crippen molar-refractivity contribution < 1.29 is 9.72 Å². The van der Waals surface area contributed by atoms with Crippen LogP contribution in [0.4, 0.5) is 11.4 Å². The Morgan fingerprint density at radius 2 is 2.23 bits per heavy atom. The second-order valence-corrected chi connectivity index (χ2v) is 2.30. The number of anilines is 1. The molecule has 13 heavy (non-hydrogen) atoms. The smallest absolute Gasteiger partial charge is 0.294 e. The summed E-state index contributed by atoms with van der Waals surface area (Å²) in [7, 11) is 0. The predicted molar refractivity (Wildman–Crippen MR) is 46.3 cm³/mol. The number of hydrogen-bond acceptors (Lipinski definition) is 5. The number of benzene rings is 1. The molecule has 1 aromatic carbocycles. The molecule has 6 nitrogen and oxygen atoms in total. The zero-order valence-electron chi connectivity index (χ0n) is 6.56. The van der Waals surface area contributed by atoms with Gasteiger partial charge < -0.3 is 5.43 Å². The van der Waals surface area contributed by atoms with Crippen LogP contribution < -0.4 is 11.3 Å². The molecule has 0 bridgehead atoms. The van der Waals surface area contributed by atoms with Crippen LogP contribution >= 0.6 is 0 Å². The first-order valence-corrected chi connectivity index (χ1v) is 3.39. The van der Waals surface area contributed by atoms with Crippen molar-refractivity contribution in [3.8, 4) is 0 Å². The molecule has 0 unspecified atom stereocenters. The third-order valence-corrected chi connectivity index (χ3v) is 1.51. The van der Waals surface area contributed by atoms with Gasteiger partial charge in [-0.15, -0.1) is 0 Å². The quantitative estimate of drug-likeness (QED) is 0.309. The van der Waals surface area contributed by atoms with E-state index in [4.69, 9.17) is 5.84 Å². The summed E-state index contributed by atoms with van der Waals surface area (Å²) in [5.41, 5.74) is 2.37. The van der Waals surface area contributed by atoms with Gasteiger partial charge in [-0.1, -0.05) is 0 Å². The van der Waals surface area contributed by atoms with Crippen LogP contribution in [0.25, 0.3) is 0 Å². The van der Waals surface area contributed by atoms with E-state index in [-0.39, 0.29) is 16.9 Å². The number of nitrogen functional groups attached to an aromatic ring is 1. The fourth-order valence-electron chi connectivity index (χ4n) is 0.895. The van der Waals surface area contributed by atoms with Gasteiger partial charge in [0.05, 0.1) is 4.92 Å². The number of hydrazine groups is 1. The molecule has 0 amide bonds. The molecule has 1 aromatic rings. The highest BCUT2D eigenvalue weighted by atomic mass is 16.6. The van der Waals surface area contributed by atoms with Crippen molar-refractivity contribution in [3.63, 3.8) is 0 Å². The highest BCUT2D eigenvalue weighted by Crippen LogP contribution is 2.23. The van der Waals surface area contributed by atoms with Crippen molar-refractivity contribution in [1.82, 2.24) is 0 Å². The largest absolute Gasteiger partial charge is 0.318 e. The molecular formula is C7H7N3O3. The van der Waals surface area contributed by atoms with Crippen LogP contribution in [0.2, 0.25) is 0 Å². The average Bonchev–Trinajstić information content (AvgIpc) is 2.16. The number of rotatable bonds is 3. The Hall–Kier alpha value is -1.95. The number of aldehydes is 1. The summed E-state index contributed by atoms with van der Waals surface area (Å²) >= 11 is 0. The van der Waals surface area contributed by atoms with Gasteiger partial charge in [0, 0.05) is 11.6 Å². The molecular weight excluding hydrogens is 174 g/mol. The zero-order chi connectivity index (χ0) is 9.84. The summed E-state index contributed by atoms with van der Waals surface area (Å²) in [4.78, 5) is 20.1. The summed E-state index contributed by atoms with van der Waals surface area (Å²) in [5, 5.41) is 10.4. The topological polar surface area (TPSA) is 98.3 Å². The van der Waals surface area contributed by atoms with Crippen molar-refractivity contribution in [2.24, 2.45) is 5.84 Å². The molecule has 1 rings (SSSR count). The van der Waals surface area contributed by atoms with E-state index in [1.807, 2.05) is 0 Å². The van der Waals surface area contributed by atoms with E-state index in [1.54, 1.807) is 0 Å². The van der Waals surface area contributed by atoms with Gasteiger partial charge in [0.2, 0.25) is 0 Å². The Morgan fingerprint density at radius 1 is 1.54 bits per heavy atom. The normalized spacial score (nSPS) is 9.31. The van der Waals surface area contributed by atoms with Gasteiger partial charge >= 0.3 is 0 Å². The molecule has 0 saturated carbocycles. The predicted octanol–water partition coefficient (Wildman–Crippen LogP) is 0.693. The van der Waals surface area contributed by atoms with Crippen LogP contribution in [-0.4, -0.2) is 11.2 Å². The summed E-state index contributed by atoms with van der Waals surface area (Å²) < 4.78 is 0. The van der Waals surface area contributed by atoms with E-state index in [9.17, 15) is 14.9 Å². The molecule has 6 heteroatoms. The molecule has 0 aliphatic rings. The van der Waals surface area contributed by atoms with Crippen molar-refractivity contribution in [1.29, 1.82) is 0 Å². The molecule has 68 valence electrons. The molecule has 0 fully saturated rings. The van der Waals surface area contributed by atoms with E-state index in [2.05, 4.69) is 5.43 Å². The number of nitro benzene ring substituents is 1. The van der Waals surface area contributed by atoms with Crippen molar-refractivity contribution in [2.75, 3.05) is 5.43 Å². The lowest BCUT2D eigenvalue weighted by atomic mass is 10.2. The summed E-state index contributed by atoms with van der Waals surface area (Å²) in [5.74, 6) is 5.04. The van der Waals surface area contributed by atoms with Crippen LogP contribution in [0, 0.1) is 10.1 Å². The lowest BCUT2D eigenvalue weighted by Gasteiger charge is -2.00. The maximum atomic E-state index is 10.4. The average molecular weight is 181 g/mol. The number of nitro groups is 1. The van der Waals surface area contributed by atoms with Crippen molar-refractivity contribution >= 4 is 17.7 Å². The van der Waals surface area contributed by atoms with Crippen LogP contribution in [0.3, 0.4) is 0 Å². The minimum absolute atomic E-state index is 0.176. The number of nitrogens with two attached hydrogens (primary N) is 1. The minimum Gasteiger partial charge on any atom is -0.318 e. The minimum atomic E-state index is -0.609. The van der Waals surface area contributed by atoms with Crippen molar-refractivity contribution in [2.45, 2.75) is 0 Å². The number of hydrogen-bond donors (Lipinski definition) is 2. The second-order valence-electron chi connectivity index (χ2n) is 2.30. The Kier molecular flexibility index (Phi) is 2.56. The zero-order valence-corrected chi connectivity index (χ0v) is 6.56. The Balaban J connectivity index is 3.25. The summed E-state index contributed by atoms with van der Waals surface area (Å²) in [6, 6.07) is 3.97. The highest BCUT2D eigenvalue weighted by molar-refractivity contribution is 5.79. The molecule has 3 N–H and O–H groups in total. The number of nitrogens with zero attached hydrogens (tertiary/aromatic N) is 1. The number of nitrogens with one attached hydrogen (secondary N) is 1. The van der Waals surface area contributed by atoms with E-state index in [1.165, 1.54) is 12.1 Å². The Labute approximate surface area is 73.5 Å². The molecule has 0 radical (unpaired) electrons. The molecule has 0 aliphatic heterocycles. The molecule has 0 spiro atoms. The van der Waals surface area contributed by atoms with E-state index >= 15 is 0 Å². The van der Waals surface area contributed by atoms with Gasteiger partial charge in [-0.3, -0.25) is 20.8 Å². The van der Waals surface area contributed by atoms with E-state index in [0.29, 0.717) is 6.29 Å². The third kappa shape index (κ3) is 1.79. The molecule has 0 heterocycles. The number of carbonyl (C=O) groups excluding carboxylic acids is 1. The standard InChI is InChI=1S/C7H7N3O3/c8-9-6-2-1-5(4-11)3-7(6)10(12)13/h1-4,9H,8H2. The third-order valence-electron chi connectivity index (χ3n) is 1.51. The van der Waals surface area contributed by atoms with Gasteiger partial charge in [0.15, 0.2) is 0 Å². The summed E-state index contributed by atoms with van der Waals surface area (Å²) in [6.07, 6.45) is 0.535. The van der Waals surface area contributed by atoms with Crippen LogP contribution in [0.1, 0.15) is 10.4 Å². The van der Waals surface area contributed by atoms with Gasteiger partial charge in [-0.05, 0) is 12.1 Å². The lowest BCUT2D eigenvalue weighted by molar-refractivity contribution is -0.384. The fraction of sp³-hybridized carbons (Fsp3) is 0. The van der Waals surface area contributed by atoms with Gasteiger partial charge in [0.1, 0.15) is 12.0 Å². The Morgan fingerprint density at radius 3 is 2.69 bits per heavy atom. The van der Waals surface area contributed by atoms with Crippen molar-refractivity contribution in [3.05, 3.63) is 33.9 Å². The highest BCUT2D eigenvalue weighted by Gasteiger charge is 2.12. The second kappa shape index (κ2) is 3.63. The van der Waals surface area contributed by atoms with Gasteiger partial charge in [0.25, 0.3) is 5.69 Å². The first-order chi connectivity index (χ1) is 6.19. The molecule has 0 atom stereocenters. The maximum absolute atomic E-state index is 10.4. The fourth-order valence-corrected chi connectivity index (χ4v) is 0.895. The van der Waals surface area contributed by atoms with Gasteiger partial charge in [-0.2, -0.15) is 0 Å². The van der Waals surface area contributed by atoms with Gasteiger partial charge in [-0.25, -0.2) is 0 Å². The maximum Gasteiger partial charge on any atom is 0.294 e. The summed E-state index contributed by atoms with van der Waals surface area (Å²) in [6.45, 7) is 0.